The van der Waals surface area contributed by atoms with E-state index >= 15 is 0 Å². The molecule has 1 aromatic heterocycles. The van der Waals surface area contributed by atoms with Gasteiger partial charge in [0.1, 0.15) is 17.8 Å². The Morgan fingerprint density at radius 3 is 1.86 bits per heavy atom. The van der Waals surface area contributed by atoms with Crippen LogP contribution in [0.5, 0.6) is 11.5 Å². The Labute approximate surface area is 127 Å². The van der Waals surface area contributed by atoms with Gasteiger partial charge in [0.05, 0.1) is 0 Å². The molecule has 1 heterocycles. The molecule has 0 aliphatic rings. The Morgan fingerprint density at radius 2 is 1.41 bits per heavy atom. The minimum Gasteiger partial charge on any atom is -0.400 e. The number of anilines is 1. The lowest BCUT2D eigenvalue weighted by Crippen LogP contribution is -2.10. The summed E-state index contributed by atoms with van der Waals surface area (Å²) in [5.74, 6) is 1.09. The molecule has 0 spiro atoms. The van der Waals surface area contributed by atoms with Crippen LogP contribution in [0.4, 0.5) is 5.82 Å². The molecule has 0 aliphatic carbocycles. The molecular formula is C15H13N2O4P. The second-order valence-electron chi connectivity index (χ2n) is 4.30. The van der Waals surface area contributed by atoms with Crippen molar-refractivity contribution in [3.8, 4) is 11.5 Å². The quantitative estimate of drug-likeness (QED) is 0.681. The van der Waals surface area contributed by atoms with Crippen molar-refractivity contribution in [1.29, 1.82) is 0 Å². The van der Waals surface area contributed by atoms with E-state index in [2.05, 4.69) is 10.2 Å². The number of nitrogens with zero attached hydrogens (tertiary/aromatic N) is 1. The van der Waals surface area contributed by atoms with Crippen molar-refractivity contribution < 1.29 is 18.1 Å². The molecule has 22 heavy (non-hydrogen) atoms. The monoisotopic (exact) mass is 316 g/mol. The van der Waals surface area contributed by atoms with Gasteiger partial charge >= 0.3 is 7.75 Å². The number of hydrogen-bond acceptors (Lipinski definition) is 5. The molecule has 0 fully saturated rings. The highest BCUT2D eigenvalue weighted by Crippen LogP contribution is 2.47. The van der Waals surface area contributed by atoms with E-state index in [4.69, 9.17) is 13.6 Å². The van der Waals surface area contributed by atoms with E-state index in [0.29, 0.717) is 11.5 Å². The first-order chi connectivity index (χ1) is 10.7. The molecule has 0 radical (unpaired) electrons. The second kappa shape index (κ2) is 6.37. The van der Waals surface area contributed by atoms with E-state index in [1.807, 2.05) is 12.1 Å². The van der Waals surface area contributed by atoms with Crippen LogP contribution >= 0.6 is 7.75 Å². The number of benzene rings is 2. The van der Waals surface area contributed by atoms with Gasteiger partial charge in [0.25, 0.3) is 0 Å². The summed E-state index contributed by atoms with van der Waals surface area (Å²) in [5, 5.41) is 6.30. The van der Waals surface area contributed by atoms with Crippen LogP contribution in [0, 0.1) is 0 Å². The summed E-state index contributed by atoms with van der Waals surface area (Å²) in [7, 11) is -3.72. The molecule has 3 aromatic rings. The fraction of sp³-hybridized carbons (Fsp3) is 0. The number of aromatic nitrogens is 1. The Bertz CT molecular complexity index is 702. The minimum absolute atomic E-state index is 0.259. The Hall–Kier alpha value is -2.72. The molecule has 3 rings (SSSR count). The molecule has 0 aliphatic heterocycles. The Kier molecular flexibility index (Phi) is 4.12. The summed E-state index contributed by atoms with van der Waals surface area (Å²) in [5.41, 5.74) is 0. The third kappa shape index (κ3) is 3.68. The van der Waals surface area contributed by atoms with Gasteiger partial charge < -0.3 is 13.6 Å². The van der Waals surface area contributed by atoms with Crippen LogP contribution in [0.2, 0.25) is 0 Å². The molecular weight excluding hydrogens is 303 g/mol. The van der Waals surface area contributed by atoms with Gasteiger partial charge in [-0.2, -0.15) is 0 Å². The zero-order chi connectivity index (χ0) is 15.3. The van der Waals surface area contributed by atoms with Crippen molar-refractivity contribution in [2.75, 3.05) is 5.09 Å². The second-order valence-corrected chi connectivity index (χ2v) is 5.89. The topological polar surface area (TPSA) is 73.6 Å². The lowest BCUT2D eigenvalue weighted by atomic mass is 10.3. The standard InChI is InChI=1S/C15H13N2O4P/c18-22(17-15-11-12-19-16-15,20-13-7-3-1-4-8-13)21-14-9-5-2-6-10-14/h1-12H,(H,16,17,18). The maximum Gasteiger partial charge on any atom is 0.542 e. The summed E-state index contributed by atoms with van der Waals surface area (Å²) >= 11 is 0. The molecule has 112 valence electrons. The summed E-state index contributed by atoms with van der Waals surface area (Å²) < 4.78 is 28.7. The van der Waals surface area contributed by atoms with Crippen LogP contribution < -0.4 is 14.1 Å². The highest BCUT2D eigenvalue weighted by molar-refractivity contribution is 7.56. The van der Waals surface area contributed by atoms with Gasteiger partial charge in [-0.05, 0) is 24.3 Å². The molecule has 0 atom stereocenters. The van der Waals surface area contributed by atoms with E-state index < -0.39 is 7.75 Å². The normalized spacial score (nSPS) is 10.9. The molecule has 0 unspecified atom stereocenters. The number of nitrogens with one attached hydrogen (secondary N) is 1. The summed E-state index contributed by atoms with van der Waals surface area (Å²) in [6.45, 7) is 0. The van der Waals surface area contributed by atoms with Crippen molar-refractivity contribution in [2.24, 2.45) is 0 Å². The first-order valence-corrected chi connectivity index (χ1v) is 8.06. The van der Waals surface area contributed by atoms with E-state index in [1.165, 1.54) is 12.3 Å². The SMILES string of the molecule is O=P(Nc1ccon1)(Oc1ccccc1)Oc1ccccc1. The average Bonchev–Trinajstić information content (AvgIpc) is 3.01. The largest absolute Gasteiger partial charge is 0.542 e. The van der Waals surface area contributed by atoms with Gasteiger partial charge in [-0.25, -0.2) is 4.57 Å². The summed E-state index contributed by atoms with van der Waals surface area (Å²) in [6.07, 6.45) is 1.36. The maximum atomic E-state index is 13.0. The number of hydrogen-bond donors (Lipinski definition) is 1. The van der Waals surface area contributed by atoms with E-state index in [1.54, 1.807) is 48.5 Å². The average molecular weight is 316 g/mol. The zero-order valence-corrected chi connectivity index (χ0v) is 12.4. The molecule has 6 nitrogen and oxygen atoms in total. The van der Waals surface area contributed by atoms with Crippen molar-refractivity contribution in [2.45, 2.75) is 0 Å². The van der Waals surface area contributed by atoms with Crippen molar-refractivity contribution in [3.05, 3.63) is 73.0 Å². The van der Waals surface area contributed by atoms with Crippen LogP contribution in [0.15, 0.2) is 77.5 Å². The summed E-state index contributed by atoms with van der Waals surface area (Å²) in [4.78, 5) is 0. The molecule has 0 bridgehead atoms. The highest BCUT2D eigenvalue weighted by atomic mass is 31.2. The lowest BCUT2D eigenvalue weighted by molar-refractivity contribution is 0.390. The fourth-order valence-corrected chi connectivity index (χ4v) is 3.04. The predicted molar refractivity (Wildman–Crippen MR) is 81.9 cm³/mol. The Balaban J connectivity index is 1.85. The fourth-order valence-electron chi connectivity index (χ4n) is 1.72. The summed E-state index contributed by atoms with van der Waals surface area (Å²) in [6, 6.07) is 19.0. The third-order valence-electron chi connectivity index (χ3n) is 2.63. The highest BCUT2D eigenvalue weighted by Gasteiger charge is 2.30. The first-order valence-electron chi connectivity index (χ1n) is 6.51. The van der Waals surface area contributed by atoms with Crippen LogP contribution in [0.25, 0.3) is 0 Å². The Morgan fingerprint density at radius 1 is 0.864 bits per heavy atom. The minimum atomic E-state index is -3.72. The predicted octanol–water partition coefficient (Wildman–Crippen LogP) is 4.35. The van der Waals surface area contributed by atoms with Crippen molar-refractivity contribution >= 4 is 13.6 Å². The van der Waals surface area contributed by atoms with Gasteiger partial charge in [-0.3, -0.25) is 5.09 Å². The van der Waals surface area contributed by atoms with E-state index in [-0.39, 0.29) is 5.82 Å². The van der Waals surface area contributed by atoms with Crippen LogP contribution in [0.1, 0.15) is 0 Å². The molecule has 0 amide bonds. The molecule has 0 saturated heterocycles. The van der Waals surface area contributed by atoms with Gasteiger partial charge in [0.15, 0.2) is 5.82 Å². The molecule has 2 aromatic carbocycles. The van der Waals surface area contributed by atoms with Crippen LogP contribution in [-0.4, -0.2) is 5.16 Å². The van der Waals surface area contributed by atoms with Gasteiger partial charge in [0, 0.05) is 6.07 Å². The van der Waals surface area contributed by atoms with Crippen molar-refractivity contribution in [1.82, 2.24) is 5.16 Å². The first kappa shape index (κ1) is 14.2. The van der Waals surface area contributed by atoms with E-state index in [9.17, 15) is 4.57 Å². The van der Waals surface area contributed by atoms with Crippen LogP contribution in [0.3, 0.4) is 0 Å². The van der Waals surface area contributed by atoms with Gasteiger partial charge in [-0.1, -0.05) is 41.6 Å². The smallest absolute Gasteiger partial charge is 0.400 e. The molecule has 0 saturated carbocycles. The van der Waals surface area contributed by atoms with Crippen LogP contribution in [-0.2, 0) is 4.57 Å². The van der Waals surface area contributed by atoms with E-state index in [0.717, 1.165) is 0 Å². The number of rotatable bonds is 6. The number of para-hydroxylation sites is 2. The van der Waals surface area contributed by atoms with Gasteiger partial charge in [-0.15, -0.1) is 0 Å². The zero-order valence-electron chi connectivity index (χ0n) is 11.5. The van der Waals surface area contributed by atoms with Crippen molar-refractivity contribution in [3.63, 3.8) is 0 Å². The molecule has 1 N–H and O–H groups in total. The third-order valence-corrected chi connectivity index (χ3v) is 4.03. The van der Waals surface area contributed by atoms with Gasteiger partial charge in [0.2, 0.25) is 0 Å². The lowest BCUT2D eigenvalue weighted by Gasteiger charge is -2.19. The molecule has 7 heteroatoms. The maximum absolute atomic E-state index is 13.0.